The molecule has 0 heterocycles. The van der Waals surface area contributed by atoms with E-state index in [2.05, 4.69) is 5.10 Å². The number of carbonyl (C=O) groups excluding carboxylic acids is 1. The Balaban J connectivity index is 2.82. The van der Waals surface area contributed by atoms with E-state index in [1.165, 1.54) is 12.1 Å². The predicted octanol–water partition coefficient (Wildman–Crippen LogP) is 2.85. The maximum atomic E-state index is 12.6. The van der Waals surface area contributed by atoms with Gasteiger partial charge in [-0.3, -0.25) is 0 Å². The second kappa shape index (κ2) is 6.02. The standard InChI is InChI=1S/C13H16F3N3O2/c1-12(2,3)21-11(20)19-18-10(17)8-5-4-6-9(7-8)13(14,15)16/h4-7H,1-3H3,(H2,17,18)(H,19,20). The Morgan fingerprint density at radius 1 is 1.29 bits per heavy atom. The van der Waals surface area contributed by atoms with Gasteiger partial charge in [0.25, 0.3) is 0 Å². The molecule has 0 atom stereocenters. The van der Waals surface area contributed by atoms with Gasteiger partial charge in [0.05, 0.1) is 5.56 Å². The lowest BCUT2D eigenvalue weighted by Gasteiger charge is -2.18. The highest BCUT2D eigenvalue weighted by Crippen LogP contribution is 2.29. The number of nitrogens with one attached hydrogen (secondary N) is 1. The van der Waals surface area contributed by atoms with Crippen molar-refractivity contribution in [3.63, 3.8) is 0 Å². The molecule has 1 aromatic carbocycles. The maximum absolute atomic E-state index is 12.6. The van der Waals surface area contributed by atoms with Crippen LogP contribution in [0.5, 0.6) is 0 Å². The van der Waals surface area contributed by atoms with Gasteiger partial charge in [0.15, 0.2) is 5.84 Å². The molecule has 0 aliphatic rings. The molecule has 0 aliphatic heterocycles. The van der Waals surface area contributed by atoms with Gasteiger partial charge < -0.3 is 10.5 Å². The number of alkyl halides is 3. The van der Waals surface area contributed by atoms with E-state index >= 15 is 0 Å². The molecule has 0 saturated carbocycles. The fourth-order valence-corrected chi connectivity index (χ4v) is 1.33. The van der Waals surface area contributed by atoms with E-state index in [4.69, 9.17) is 10.5 Å². The summed E-state index contributed by atoms with van der Waals surface area (Å²) in [5.74, 6) is -0.257. The second-order valence-electron chi connectivity index (χ2n) is 5.19. The van der Waals surface area contributed by atoms with Crippen LogP contribution >= 0.6 is 0 Å². The fraction of sp³-hybridized carbons (Fsp3) is 0.385. The number of amides is 1. The third-order valence-corrected chi connectivity index (χ3v) is 2.15. The van der Waals surface area contributed by atoms with Crippen molar-refractivity contribution >= 4 is 11.9 Å². The number of rotatable bonds is 2. The van der Waals surface area contributed by atoms with Gasteiger partial charge in [0.2, 0.25) is 0 Å². The van der Waals surface area contributed by atoms with E-state index in [1.54, 1.807) is 20.8 Å². The summed E-state index contributed by atoms with van der Waals surface area (Å²) < 4.78 is 42.6. The van der Waals surface area contributed by atoms with Crippen molar-refractivity contribution in [3.05, 3.63) is 35.4 Å². The summed E-state index contributed by atoms with van der Waals surface area (Å²) in [5, 5.41) is 3.50. The number of ether oxygens (including phenoxy) is 1. The average molecular weight is 303 g/mol. The van der Waals surface area contributed by atoms with Gasteiger partial charge in [0.1, 0.15) is 5.60 Å². The molecular weight excluding hydrogens is 287 g/mol. The number of nitrogens with two attached hydrogens (primary N) is 1. The van der Waals surface area contributed by atoms with E-state index in [0.29, 0.717) is 0 Å². The Morgan fingerprint density at radius 2 is 1.90 bits per heavy atom. The topological polar surface area (TPSA) is 76.7 Å². The lowest BCUT2D eigenvalue weighted by Crippen LogP contribution is -2.31. The third kappa shape index (κ3) is 5.72. The number of hydrogen-bond acceptors (Lipinski definition) is 3. The molecule has 0 spiro atoms. The maximum Gasteiger partial charge on any atom is 0.428 e. The van der Waals surface area contributed by atoms with E-state index in [1.807, 2.05) is 5.43 Å². The Labute approximate surface area is 120 Å². The van der Waals surface area contributed by atoms with Crippen LogP contribution in [0.15, 0.2) is 29.4 Å². The summed E-state index contributed by atoms with van der Waals surface area (Å²) in [6.07, 6.45) is -5.33. The van der Waals surface area contributed by atoms with Crippen LogP contribution in [0.25, 0.3) is 0 Å². The summed E-state index contributed by atoms with van der Waals surface area (Å²) in [7, 11) is 0. The molecule has 0 aliphatic carbocycles. The first-order valence-electron chi connectivity index (χ1n) is 5.99. The molecule has 0 saturated heterocycles. The summed E-state index contributed by atoms with van der Waals surface area (Å²) in [6.45, 7) is 4.98. The molecule has 0 bridgehead atoms. The highest BCUT2D eigenvalue weighted by atomic mass is 19.4. The van der Waals surface area contributed by atoms with Crippen molar-refractivity contribution in [1.29, 1.82) is 0 Å². The number of hydrogen-bond donors (Lipinski definition) is 2. The fourth-order valence-electron chi connectivity index (χ4n) is 1.33. The molecule has 0 fully saturated rings. The zero-order valence-corrected chi connectivity index (χ0v) is 11.8. The minimum Gasteiger partial charge on any atom is -0.443 e. The first-order valence-corrected chi connectivity index (χ1v) is 5.99. The van der Waals surface area contributed by atoms with Crippen LogP contribution in [0.1, 0.15) is 31.9 Å². The number of nitrogens with zero attached hydrogens (tertiary/aromatic N) is 1. The van der Waals surface area contributed by atoms with Crippen LogP contribution in [0.3, 0.4) is 0 Å². The molecule has 116 valence electrons. The molecule has 8 heteroatoms. The number of carbonyl (C=O) groups is 1. The van der Waals surface area contributed by atoms with Crippen LogP contribution in [0.4, 0.5) is 18.0 Å². The highest BCUT2D eigenvalue weighted by molar-refractivity contribution is 5.98. The van der Waals surface area contributed by atoms with E-state index < -0.39 is 23.4 Å². The Kier molecular flexibility index (Phi) is 4.82. The van der Waals surface area contributed by atoms with Gasteiger partial charge in [-0.1, -0.05) is 12.1 Å². The molecule has 1 rings (SSSR count). The lowest BCUT2D eigenvalue weighted by molar-refractivity contribution is -0.137. The Hall–Kier alpha value is -2.25. The van der Waals surface area contributed by atoms with Crippen LogP contribution < -0.4 is 11.2 Å². The summed E-state index contributed by atoms with van der Waals surface area (Å²) >= 11 is 0. The van der Waals surface area contributed by atoms with Gasteiger partial charge in [-0.25, -0.2) is 10.2 Å². The lowest BCUT2D eigenvalue weighted by atomic mass is 10.1. The van der Waals surface area contributed by atoms with Gasteiger partial charge in [-0.15, -0.1) is 0 Å². The van der Waals surface area contributed by atoms with Crippen molar-refractivity contribution in [2.45, 2.75) is 32.5 Å². The molecule has 0 radical (unpaired) electrons. The minimum absolute atomic E-state index is 0.0425. The zero-order chi connectivity index (χ0) is 16.3. The monoisotopic (exact) mass is 303 g/mol. The van der Waals surface area contributed by atoms with E-state index in [0.717, 1.165) is 12.1 Å². The van der Waals surface area contributed by atoms with Gasteiger partial charge in [-0.2, -0.15) is 18.3 Å². The number of amidine groups is 1. The Morgan fingerprint density at radius 3 is 2.43 bits per heavy atom. The van der Waals surface area contributed by atoms with Crippen molar-refractivity contribution in [1.82, 2.24) is 5.43 Å². The predicted molar refractivity (Wildman–Crippen MR) is 71.5 cm³/mol. The second-order valence-corrected chi connectivity index (χ2v) is 5.19. The molecule has 21 heavy (non-hydrogen) atoms. The SMILES string of the molecule is CC(C)(C)OC(=O)N/N=C(/N)c1cccc(C(F)(F)F)c1. The van der Waals surface area contributed by atoms with Crippen molar-refractivity contribution in [3.8, 4) is 0 Å². The zero-order valence-electron chi connectivity index (χ0n) is 11.8. The normalized spacial score (nSPS) is 13.0. The quantitative estimate of drug-likeness (QED) is 0.501. The van der Waals surface area contributed by atoms with Gasteiger partial charge in [-0.05, 0) is 32.9 Å². The van der Waals surface area contributed by atoms with Crippen molar-refractivity contribution < 1.29 is 22.7 Å². The molecule has 0 aromatic heterocycles. The van der Waals surface area contributed by atoms with Crippen LogP contribution in [0, 0.1) is 0 Å². The largest absolute Gasteiger partial charge is 0.443 e. The number of benzene rings is 1. The molecule has 1 amide bonds. The molecule has 3 N–H and O–H groups in total. The van der Waals surface area contributed by atoms with E-state index in [9.17, 15) is 18.0 Å². The molecule has 0 unspecified atom stereocenters. The van der Waals surface area contributed by atoms with Crippen LogP contribution in [0.2, 0.25) is 0 Å². The van der Waals surface area contributed by atoms with Gasteiger partial charge in [0, 0.05) is 5.56 Å². The summed E-state index contributed by atoms with van der Waals surface area (Å²) in [6, 6.07) is 4.31. The van der Waals surface area contributed by atoms with Crippen molar-refractivity contribution in [2.75, 3.05) is 0 Å². The average Bonchev–Trinajstić information content (AvgIpc) is 2.33. The molecular formula is C13H16F3N3O2. The summed E-state index contributed by atoms with van der Waals surface area (Å²) in [5.41, 5.74) is 6.02. The van der Waals surface area contributed by atoms with Crippen LogP contribution in [-0.2, 0) is 10.9 Å². The van der Waals surface area contributed by atoms with E-state index in [-0.39, 0.29) is 11.4 Å². The summed E-state index contributed by atoms with van der Waals surface area (Å²) in [4.78, 5) is 11.3. The van der Waals surface area contributed by atoms with Gasteiger partial charge >= 0.3 is 12.3 Å². The first kappa shape index (κ1) is 16.8. The molecule has 5 nitrogen and oxygen atoms in total. The Bertz CT molecular complexity index is 548. The van der Waals surface area contributed by atoms with Crippen molar-refractivity contribution in [2.24, 2.45) is 10.8 Å². The highest BCUT2D eigenvalue weighted by Gasteiger charge is 2.30. The van der Waals surface area contributed by atoms with Crippen LogP contribution in [-0.4, -0.2) is 17.5 Å². The smallest absolute Gasteiger partial charge is 0.428 e. The molecule has 1 aromatic rings. The number of hydrazone groups is 1. The minimum atomic E-state index is -4.48. The number of halogens is 3. The first-order chi connectivity index (χ1) is 9.49. The third-order valence-electron chi connectivity index (χ3n) is 2.15.